The number of esters is 2. The van der Waals surface area contributed by atoms with Crippen molar-refractivity contribution in [3.05, 3.63) is 24.3 Å². The SMILES string of the molecule is C=C1C(=O)O[C@@H]2C[C@@H](C)[C@@H]3C=CC(=O)[C@@]3(C)[C@@H](OC(=O)CC(C)C)[C@H]12. The molecule has 3 aliphatic rings. The van der Waals surface area contributed by atoms with Gasteiger partial charge in [0.2, 0.25) is 0 Å². The molecule has 1 heterocycles. The van der Waals surface area contributed by atoms with E-state index in [4.69, 9.17) is 9.47 Å². The van der Waals surface area contributed by atoms with Crippen molar-refractivity contribution < 1.29 is 23.9 Å². The lowest BCUT2D eigenvalue weighted by molar-refractivity contribution is -0.165. The molecule has 2 fully saturated rings. The number of fused-ring (bicyclic) bond motifs is 2. The number of rotatable bonds is 3. The van der Waals surface area contributed by atoms with Crippen LogP contribution in [0.5, 0.6) is 0 Å². The zero-order valence-corrected chi connectivity index (χ0v) is 15.3. The van der Waals surface area contributed by atoms with Crippen LogP contribution in [0.3, 0.4) is 0 Å². The van der Waals surface area contributed by atoms with E-state index in [1.165, 1.54) is 0 Å². The molecule has 136 valence electrons. The Balaban J connectivity index is 2.03. The average Bonchev–Trinajstić information content (AvgIpc) is 2.92. The maximum Gasteiger partial charge on any atom is 0.334 e. The van der Waals surface area contributed by atoms with E-state index in [1.807, 2.05) is 26.8 Å². The monoisotopic (exact) mass is 346 g/mol. The summed E-state index contributed by atoms with van der Waals surface area (Å²) in [4.78, 5) is 37.3. The molecule has 0 N–H and O–H groups in total. The first-order valence-electron chi connectivity index (χ1n) is 8.98. The number of ketones is 1. The third-order valence-corrected chi connectivity index (χ3v) is 5.97. The van der Waals surface area contributed by atoms with Crippen LogP contribution in [-0.2, 0) is 23.9 Å². The molecule has 0 unspecified atom stereocenters. The first kappa shape index (κ1) is 17.9. The Labute approximate surface area is 148 Å². The predicted molar refractivity (Wildman–Crippen MR) is 91.4 cm³/mol. The molecule has 0 aromatic carbocycles. The van der Waals surface area contributed by atoms with Gasteiger partial charge in [0.1, 0.15) is 12.2 Å². The maximum absolute atomic E-state index is 12.8. The van der Waals surface area contributed by atoms with E-state index < -0.39 is 29.5 Å². The lowest BCUT2D eigenvalue weighted by Crippen LogP contribution is -2.49. The smallest absolute Gasteiger partial charge is 0.334 e. The van der Waals surface area contributed by atoms with E-state index in [-0.39, 0.29) is 35.9 Å². The highest BCUT2D eigenvalue weighted by Crippen LogP contribution is 2.54. The molecule has 0 bridgehead atoms. The van der Waals surface area contributed by atoms with E-state index in [0.29, 0.717) is 12.0 Å². The van der Waals surface area contributed by atoms with Gasteiger partial charge in [-0.25, -0.2) is 4.79 Å². The summed E-state index contributed by atoms with van der Waals surface area (Å²) in [5.74, 6) is -1.09. The summed E-state index contributed by atoms with van der Waals surface area (Å²) in [6, 6.07) is 0. The molecule has 1 aliphatic heterocycles. The second kappa shape index (κ2) is 6.11. The molecular weight excluding hydrogens is 320 g/mol. The fourth-order valence-corrected chi connectivity index (χ4v) is 4.67. The maximum atomic E-state index is 12.8. The highest BCUT2D eigenvalue weighted by atomic mass is 16.6. The van der Waals surface area contributed by atoms with Gasteiger partial charge in [0.25, 0.3) is 0 Å². The molecule has 5 nitrogen and oxygen atoms in total. The Morgan fingerprint density at radius 2 is 2.12 bits per heavy atom. The van der Waals surface area contributed by atoms with Crippen LogP contribution in [-0.4, -0.2) is 29.9 Å². The molecule has 5 heteroatoms. The first-order chi connectivity index (χ1) is 11.7. The van der Waals surface area contributed by atoms with Gasteiger partial charge in [0, 0.05) is 12.0 Å². The van der Waals surface area contributed by atoms with Crippen molar-refractivity contribution >= 4 is 17.7 Å². The lowest BCUT2D eigenvalue weighted by Gasteiger charge is -2.39. The number of carbonyl (C=O) groups is 3. The van der Waals surface area contributed by atoms with Crippen LogP contribution in [0, 0.1) is 29.1 Å². The quantitative estimate of drug-likeness (QED) is 0.580. The van der Waals surface area contributed by atoms with Crippen molar-refractivity contribution in [2.75, 3.05) is 0 Å². The summed E-state index contributed by atoms with van der Waals surface area (Å²) in [5.41, 5.74) is -0.580. The zero-order valence-electron chi connectivity index (χ0n) is 15.3. The van der Waals surface area contributed by atoms with Gasteiger partial charge in [-0.15, -0.1) is 0 Å². The molecule has 0 aromatic heterocycles. The second-order valence-corrected chi connectivity index (χ2v) is 8.25. The van der Waals surface area contributed by atoms with Crippen molar-refractivity contribution in [3.63, 3.8) is 0 Å². The van der Waals surface area contributed by atoms with Gasteiger partial charge < -0.3 is 9.47 Å². The second-order valence-electron chi connectivity index (χ2n) is 8.25. The molecular formula is C20H26O5. The van der Waals surface area contributed by atoms with Gasteiger partial charge in [-0.2, -0.15) is 0 Å². The fourth-order valence-electron chi connectivity index (χ4n) is 4.67. The zero-order chi connectivity index (χ0) is 18.5. The topological polar surface area (TPSA) is 69.7 Å². The number of allylic oxidation sites excluding steroid dienone is 2. The molecule has 0 radical (unpaired) electrons. The molecule has 6 atom stereocenters. The summed E-state index contributed by atoms with van der Waals surface area (Å²) in [6.07, 6.45) is 3.28. The van der Waals surface area contributed by atoms with E-state index >= 15 is 0 Å². The van der Waals surface area contributed by atoms with Crippen molar-refractivity contribution in [1.82, 2.24) is 0 Å². The standard InChI is InChI=1S/C20H26O5/c1-10(2)8-16(22)25-18-17-12(4)19(23)24-14(17)9-11(3)13-6-7-15(21)20(13,18)5/h6-7,10-11,13-14,17-18H,4,8-9H2,1-3,5H3/t11-,13+,14-,17-,18+,20+/m1/s1. The third kappa shape index (κ3) is 2.74. The van der Waals surface area contributed by atoms with E-state index in [1.54, 1.807) is 6.08 Å². The van der Waals surface area contributed by atoms with Crippen LogP contribution in [0.4, 0.5) is 0 Å². The van der Waals surface area contributed by atoms with Crippen LogP contribution >= 0.6 is 0 Å². The van der Waals surface area contributed by atoms with Gasteiger partial charge in [0.15, 0.2) is 5.78 Å². The number of ether oxygens (including phenoxy) is 2. The highest BCUT2D eigenvalue weighted by molar-refractivity contribution is 5.99. The van der Waals surface area contributed by atoms with E-state index in [9.17, 15) is 14.4 Å². The third-order valence-electron chi connectivity index (χ3n) is 5.97. The van der Waals surface area contributed by atoms with Gasteiger partial charge >= 0.3 is 11.9 Å². The normalized spacial score (nSPS) is 39.9. The summed E-state index contributed by atoms with van der Waals surface area (Å²) >= 11 is 0. The molecule has 0 amide bonds. The van der Waals surface area contributed by atoms with Crippen molar-refractivity contribution in [2.45, 2.75) is 52.7 Å². The Kier molecular flexibility index (Phi) is 4.38. The summed E-state index contributed by atoms with van der Waals surface area (Å²) in [5, 5.41) is 0. The van der Waals surface area contributed by atoms with Crippen LogP contribution < -0.4 is 0 Å². The van der Waals surface area contributed by atoms with Gasteiger partial charge in [-0.1, -0.05) is 33.4 Å². The minimum absolute atomic E-state index is 0.0473. The number of hydrogen-bond donors (Lipinski definition) is 0. The predicted octanol–water partition coefficient (Wildman–Crippen LogP) is 2.84. The van der Waals surface area contributed by atoms with Crippen LogP contribution in [0.25, 0.3) is 0 Å². The number of carbonyl (C=O) groups excluding carboxylic acids is 3. The molecule has 3 rings (SSSR count). The molecule has 2 aliphatic carbocycles. The van der Waals surface area contributed by atoms with Crippen LogP contribution in [0.2, 0.25) is 0 Å². The summed E-state index contributed by atoms with van der Waals surface area (Å²) in [6.45, 7) is 11.7. The Morgan fingerprint density at radius 1 is 1.44 bits per heavy atom. The summed E-state index contributed by atoms with van der Waals surface area (Å²) < 4.78 is 11.4. The minimum atomic E-state index is -0.887. The molecule has 25 heavy (non-hydrogen) atoms. The van der Waals surface area contributed by atoms with Gasteiger partial charge in [-0.3, -0.25) is 9.59 Å². The number of hydrogen-bond acceptors (Lipinski definition) is 5. The summed E-state index contributed by atoms with van der Waals surface area (Å²) in [7, 11) is 0. The molecule has 1 saturated heterocycles. The van der Waals surface area contributed by atoms with Crippen molar-refractivity contribution in [2.24, 2.45) is 29.1 Å². The Hall–Kier alpha value is -1.91. The van der Waals surface area contributed by atoms with Crippen molar-refractivity contribution in [3.8, 4) is 0 Å². The van der Waals surface area contributed by atoms with Crippen LogP contribution in [0.15, 0.2) is 24.3 Å². The van der Waals surface area contributed by atoms with Crippen LogP contribution in [0.1, 0.15) is 40.5 Å². The minimum Gasteiger partial charge on any atom is -0.460 e. The highest BCUT2D eigenvalue weighted by Gasteiger charge is 2.61. The first-order valence-corrected chi connectivity index (χ1v) is 8.98. The van der Waals surface area contributed by atoms with Gasteiger partial charge in [-0.05, 0) is 37.2 Å². The van der Waals surface area contributed by atoms with E-state index in [2.05, 4.69) is 13.5 Å². The molecule has 0 aromatic rings. The molecule has 0 spiro atoms. The lowest BCUT2D eigenvalue weighted by atomic mass is 9.67. The molecule has 1 saturated carbocycles. The van der Waals surface area contributed by atoms with Crippen molar-refractivity contribution in [1.29, 1.82) is 0 Å². The Bertz CT molecular complexity index is 661. The largest absolute Gasteiger partial charge is 0.460 e. The average molecular weight is 346 g/mol. The fraction of sp³-hybridized carbons (Fsp3) is 0.650. The Morgan fingerprint density at radius 3 is 2.76 bits per heavy atom. The van der Waals surface area contributed by atoms with E-state index in [0.717, 1.165) is 0 Å². The van der Waals surface area contributed by atoms with Gasteiger partial charge in [0.05, 0.1) is 11.3 Å².